The first-order valence-electron chi connectivity index (χ1n) is 8.75. The number of aryl methyl sites for hydroxylation is 1. The molecule has 0 aliphatic heterocycles. The Morgan fingerprint density at radius 2 is 1.64 bits per heavy atom. The molecule has 1 unspecified atom stereocenters. The number of nitrogens with one attached hydrogen (secondary N) is 1. The molecule has 10 heteroatoms. The fraction of sp³-hybridized carbons (Fsp3) is 0.500. The summed E-state index contributed by atoms with van der Waals surface area (Å²) in [7, 11) is -4.43. The SMILES string of the molecule is CCOC(=O)/C=C(/C(Nc1ccc(C)cc1)C(F)(F)F)P(=O)(OCC)OCC. The van der Waals surface area contributed by atoms with E-state index in [1.165, 1.54) is 32.9 Å². The van der Waals surface area contributed by atoms with E-state index >= 15 is 0 Å². The topological polar surface area (TPSA) is 73.9 Å². The van der Waals surface area contributed by atoms with Crippen molar-refractivity contribution in [2.24, 2.45) is 0 Å². The van der Waals surface area contributed by atoms with E-state index < -0.39 is 31.1 Å². The van der Waals surface area contributed by atoms with Crippen LogP contribution >= 0.6 is 7.60 Å². The highest BCUT2D eigenvalue weighted by molar-refractivity contribution is 7.58. The van der Waals surface area contributed by atoms with E-state index in [9.17, 15) is 22.5 Å². The molecule has 1 N–H and O–H groups in total. The summed E-state index contributed by atoms with van der Waals surface area (Å²) in [4.78, 5) is 11.9. The second-order valence-electron chi connectivity index (χ2n) is 5.64. The zero-order valence-electron chi connectivity index (χ0n) is 16.2. The Morgan fingerprint density at radius 1 is 1.11 bits per heavy atom. The standard InChI is InChI=1S/C18H25F3NO5P/c1-5-25-16(23)12-15(28(24,26-6-2)27-7-3)17(18(19,20)21)22-14-10-8-13(4)9-11-14/h8-12,17,22H,5-7H2,1-4H3/b15-12-. The first kappa shape index (κ1) is 24.2. The van der Waals surface area contributed by atoms with Crippen molar-refractivity contribution in [3.63, 3.8) is 0 Å². The van der Waals surface area contributed by atoms with E-state index in [2.05, 4.69) is 5.32 Å². The number of hydrogen-bond donors (Lipinski definition) is 1. The third kappa shape index (κ3) is 6.96. The predicted molar refractivity (Wildman–Crippen MR) is 100 cm³/mol. The molecule has 0 radical (unpaired) electrons. The highest BCUT2D eigenvalue weighted by Crippen LogP contribution is 2.59. The lowest BCUT2D eigenvalue weighted by atomic mass is 10.2. The molecule has 1 aromatic carbocycles. The summed E-state index contributed by atoms with van der Waals surface area (Å²) < 4.78 is 69.6. The maximum absolute atomic E-state index is 13.9. The summed E-state index contributed by atoms with van der Waals surface area (Å²) in [5.74, 6) is -1.07. The molecule has 6 nitrogen and oxygen atoms in total. The minimum atomic E-state index is -4.90. The third-order valence-corrected chi connectivity index (χ3v) is 5.67. The van der Waals surface area contributed by atoms with Gasteiger partial charge in [0.2, 0.25) is 0 Å². The molecule has 1 atom stereocenters. The Morgan fingerprint density at radius 3 is 2.07 bits per heavy atom. The quantitative estimate of drug-likeness (QED) is 0.323. The van der Waals surface area contributed by atoms with Crippen LogP contribution in [0.4, 0.5) is 18.9 Å². The number of halogens is 3. The van der Waals surface area contributed by atoms with Crippen LogP contribution in [0.5, 0.6) is 0 Å². The van der Waals surface area contributed by atoms with Crippen molar-refractivity contribution in [1.29, 1.82) is 0 Å². The number of carbonyl (C=O) groups excluding carboxylic acids is 1. The average molecular weight is 423 g/mol. The molecule has 0 bridgehead atoms. The number of ether oxygens (including phenoxy) is 1. The van der Waals surface area contributed by atoms with Gasteiger partial charge in [-0.1, -0.05) is 17.7 Å². The van der Waals surface area contributed by atoms with Gasteiger partial charge in [0.25, 0.3) is 0 Å². The van der Waals surface area contributed by atoms with Crippen molar-refractivity contribution in [3.05, 3.63) is 41.2 Å². The molecule has 0 saturated heterocycles. The molecule has 0 heterocycles. The second kappa shape index (κ2) is 10.6. The molecule has 28 heavy (non-hydrogen) atoms. The van der Waals surface area contributed by atoms with Crippen LogP contribution in [-0.2, 0) is 23.1 Å². The monoisotopic (exact) mass is 423 g/mol. The van der Waals surface area contributed by atoms with Crippen molar-refractivity contribution >= 4 is 19.3 Å². The summed E-state index contributed by atoms with van der Waals surface area (Å²) >= 11 is 0. The van der Waals surface area contributed by atoms with Crippen LogP contribution in [0.3, 0.4) is 0 Å². The molecular formula is C18H25F3NO5P. The fourth-order valence-electron chi connectivity index (χ4n) is 2.29. The number of esters is 1. The van der Waals surface area contributed by atoms with Crippen LogP contribution in [0, 0.1) is 6.92 Å². The van der Waals surface area contributed by atoms with E-state index in [0.717, 1.165) is 5.56 Å². The minimum Gasteiger partial charge on any atom is -0.463 e. The Hall–Kier alpha value is -1.83. The predicted octanol–water partition coefficient (Wildman–Crippen LogP) is 5.05. The van der Waals surface area contributed by atoms with Crippen molar-refractivity contribution < 1.29 is 36.3 Å². The Balaban J connectivity index is 3.50. The van der Waals surface area contributed by atoms with Crippen LogP contribution in [-0.4, -0.2) is 38.0 Å². The van der Waals surface area contributed by atoms with Gasteiger partial charge in [-0.3, -0.25) is 4.57 Å². The van der Waals surface area contributed by atoms with Crippen molar-refractivity contribution in [2.45, 2.75) is 39.9 Å². The van der Waals surface area contributed by atoms with Gasteiger partial charge in [-0.15, -0.1) is 0 Å². The molecule has 0 saturated carbocycles. The lowest BCUT2D eigenvalue weighted by molar-refractivity contribution is -0.138. The molecular weight excluding hydrogens is 398 g/mol. The van der Waals surface area contributed by atoms with E-state index in [-0.39, 0.29) is 25.5 Å². The molecule has 0 aromatic heterocycles. The van der Waals surface area contributed by atoms with Gasteiger partial charge in [0.1, 0.15) is 0 Å². The van der Waals surface area contributed by atoms with Crippen LogP contribution < -0.4 is 5.32 Å². The van der Waals surface area contributed by atoms with Gasteiger partial charge in [0.05, 0.1) is 25.1 Å². The number of carbonyl (C=O) groups is 1. The van der Waals surface area contributed by atoms with Gasteiger partial charge in [-0.25, -0.2) is 4.79 Å². The van der Waals surface area contributed by atoms with Crippen LogP contribution in [0.1, 0.15) is 26.3 Å². The normalized spacial score (nSPS) is 13.9. The molecule has 0 amide bonds. The Labute approximate surface area is 162 Å². The molecule has 0 spiro atoms. The molecule has 0 aliphatic carbocycles. The third-order valence-electron chi connectivity index (χ3n) is 3.45. The summed E-state index contributed by atoms with van der Waals surface area (Å²) in [5, 5.41) is 1.42. The summed E-state index contributed by atoms with van der Waals surface area (Å²) in [5.41, 5.74) is 0.980. The van der Waals surface area contributed by atoms with Crippen LogP contribution in [0.15, 0.2) is 35.7 Å². The zero-order valence-corrected chi connectivity index (χ0v) is 17.1. The maximum atomic E-state index is 13.9. The first-order chi connectivity index (χ1) is 13.1. The zero-order chi connectivity index (χ0) is 21.4. The van der Waals surface area contributed by atoms with Gasteiger partial charge in [0.15, 0.2) is 6.04 Å². The smallest absolute Gasteiger partial charge is 0.413 e. The minimum absolute atomic E-state index is 0.0573. The molecule has 158 valence electrons. The summed E-state index contributed by atoms with van der Waals surface area (Å²) in [6.45, 7) is 5.81. The second-order valence-corrected chi connectivity index (χ2v) is 7.67. The molecule has 1 rings (SSSR count). The summed E-state index contributed by atoms with van der Waals surface area (Å²) in [6.07, 6.45) is -4.36. The fourth-order valence-corrected chi connectivity index (χ4v) is 4.13. The van der Waals surface area contributed by atoms with Gasteiger partial charge >= 0.3 is 19.7 Å². The van der Waals surface area contributed by atoms with E-state index in [4.69, 9.17) is 13.8 Å². The van der Waals surface area contributed by atoms with Gasteiger partial charge in [-0.05, 0) is 39.8 Å². The Bertz CT molecular complexity index is 709. The van der Waals surface area contributed by atoms with E-state index in [1.54, 1.807) is 19.1 Å². The molecule has 1 aromatic rings. The highest BCUT2D eigenvalue weighted by atomic mass is 31.2. The maximum Gasteiger partial charge on any atom is 0.413 e. The number of alkyl halides is 3. The van der Waals surface area contributed by atoms with Crippen molar-refractivity contribution in [3.8, 4) is 0 Å². The van der Waals surface area contributed by atoms with Crippen LogP contribution in [0.25, 0.3) is 0 Å². The lowest BCUT2D eigenvalue weighted by Gasteiger charge is -2.29. The largest absolute Gasteiger partial charge is 0.463 e. The number of benzene rings is 1. The molecule has 0 aliphatic rings. The van der Waals surface area contributed by atoms with Crippen LogP contribution in [0.2, 0.25) is 0 Å². The van der Waals surface area contributed by atoms with Gasteiger partial charge < -0.3 is 19.1 Å². The van der Waals surface area contributed by atoms with E-state index in [0.29, 0.717) is 6.08 Å². The first-order valence-corrected chi connectivity index (χ1v) is 10.3. The van der Waals surface area contributed by atoms with Crippen molar-refractivity contribution in [2.75, 3.05) is 25.1 Å². The number of anilines is 1. The number of hydrogen-bond acceptors (Lipinski definition) is 6. The number of rotatable bonds is 10. The van der Waals surface area contributed by atoms with Gasteiger partial charge in [-0.2, -0.15) is 13.2 Å². The summed E-state index contributed by atoms with van der Waals surface area (Å²) in [6, 6.07) is 3.65. The average Bonchev–Trinajstić information content (AvgIpc) is 2.59. The Kier molecular flexibility index (Phi) is 9.20. The van der Waals surface area contributed by atoms with Crippen molar-refractivity contribution in [1.82, 2.24) is 0 Å². The van der Waals surface area contributed by atoms with E-state index in [1.807, 2.05) is 0 Å². The van der Waals surface area contributed by atoms with Gasteiger partial charge in [0, 0.05) is 11.8 Å². The lowest BCUT2D eigenvalue weighted by Crippen LogP contribution is -2.38. The molecule has 0 fully saturated rings. The highest BCUT2D eigenvalue weighted by Gasteiger charge is 2.50.